The van der Waals surface area contributed by atoms with Crippen molar-refractivity contribution in [2.45, 2.75) is 19.4 Å². The van der Waals surface area contributed by atoms with Crippen molar-refractivity contribution in [1.29, 1.82) is 0 Å². The molecule has 1 atom stereocenters. The van der Waals surface area contributed by atoms with Gasteiger partial charge in [-0.3, -0.25) is 4.68 Å². The van der Waals surface area contributed by atoms with E-state index in [1.807, 2.05) is 24.7 Å². The molecule has 0 saturated heterocycles. The number of rotatable bonds is 3. The first-order valence-corrected chi connectivity index (χ1v) is 6.67. The van der Waals surface area contributed by atoms with E-state index in [-0.39, 0.29) is 6.04 Å². The van der Waals surface area contributed by atoms with Gasteiger partial charge in [-0.2, -0.15) is 5.10 Å². The van der Waals surface area contributed by atoms with Gasteiger partial charge in [-0.1, -0.05) is 0 Å². The van der Waals surface area contributed by atoms with Gasteiger partial charge in [0.15, 0.2) is 0 Å². The lowest BCUT2D eigenvalue weighted by Crippen LogP contribution is -2.16. The first kappa shape index (κ1) is 11.8. The van der Waals surface area contributed by atoms with E-state index >= 15 is 0 Å². The summed E-state index contributed by atoms with van der Waals surface area (Å²) >= 11 is 5.19. The smallest absolute Gasteiger partial charge is 0.0701 e. The fourth-order valence-electron chi connectivity index (χ4n) is 1.76. The van der Waals surface area contributed by atoms with Crippen LogP contribution in [0.3, 0.4) is 0 Å². The molecule has 0 fully saturated rings. The fourth-order valence-corrected chi connectivity index (χ4v) is 3.30. The van der Waals surface area contributed by atoms with Crippen LogP contribution < -0.4 is 5.73 Å². The Morgan fingerprint density at radius 2 is 2.31 bits per heavy atom. The molecule has 0 aliphatic carbocycles. The molecule has 0 bridgehead atoms. The molecule has 2 aromatic heterocycles. The summed E-state index contributed by atoms with van der Waals surface area (Å²) in [6.07, 6.45) is 0.856. The van der Waals surface area contributed by atoms with Crippen LogP contribution in [0.4, 0.5) is 0 Å². The van der Waals surface area contributed by atoms with Crippen LogP contribution in [0.25, 0.3) is 0 Å². The van der Waals surface area contributed by atoms with E-state index in [0.29, 0.717) is 0 Å². The Kier molecular flexibility index (Phi) is 3.47. The van der Waals surface area contributed by atoms with Crippen LogP contribution in [0, 0.1) is 6.92 Å². The lowest BCUT2D eigenvalue weighted by atomic mass is 10.1. The molecule has 0 aliphatic heterocycles. The standard InChI is InChI=1S/C11H14BrN3S/c1-7-5-10(15(2)14-7)9(13)6-8-3-4-11(12)16-8/h3-5,9H,6,13H2,1-2H3. The molecular weight excluding hydrogens is 286 g/mol. The minimum absolute atomic E-state index is 0.0109. The molecule has 1 unspecified atom stereocenters. The van der Waals surface area contributed by atoms with Crippen LogP contribution in [0.2, 0.25) is 0 Å². The Hall–Kier alpha value is -0.650. The maximum absolute atomic E-state index is 6.18. The van der Waals surface area contributed by atoms with Gasteiger partial charge in [0, 0.05) is 18.3 Å². The first-order valence-electron chi connectivity index (χ1n) is 5.06. The van der Waals surface area contributed by atoms with Gasteiger partial charge in [0.1, 0.15) is 0 Å². The van der Waals surface area contributed by atoms with Crippen LogP contribution in [-0.4, -0.2) is 9.78 Å². The van der Waals surface area contributed by atoms with Gasteiger partial charge in [-0.25, -0.2) is 0 Å². The van der Waals surface area contributed by atoms with Crippen LogP contribution in [0.5, 0.6) is 0 Å². The number of halogens is 1. The zero-order chi connectivity index (χ0) is 11.7. The number of aromatic nitrogens is 2. The summed E-state index contributed by atoms with van der Waals surface area (Å²) in [6, 6.07) is 6.23. The van der Waals surface area contributed by atoms with E-state index in [9.17, 15) is 0 Å². The Labute approximate surface area is 107 Å². The quantitative estimate of drug-likeness (QED) is 0.947. The Balaban J connectivity index is 2.14. The van der Waals surface area contributed by atoms with Crippen LogP contribution in [0.15, 0.2) is 22.0 Å². The Morgan fingerprint density at radius 3 is 2.81 bits per heavy atom. The van der Waals surface area contributed by atoms with Gasteiger partial charge in [-0.05, 0) is 41.1 Å². The highest BCUT2D eigenvalue weighted by atomic mass is 79.9. The molecule has 2 heterocycles. The van der Waals surface area contributed by atoms with E-state index in [2.05, 4.69) is 33.2 Å². The largest absolute Gasteiger partial charge is 0.322 e. The summed E-state index contributed by atoms with van der Waals surface area (Å²) in [7, 11) is 1.94. The average Bonchev–Trinajstić information content (AvgIpc) is 2.73. The number of thiophene rings is 1. The van der Waals surface area contributed by atoms with Crippen molar-refractivity contribution >= 4 is 27.3 Å². The predicted molar refractivity (Wildman–Crippen MR) is 70.6 cm³/mol. The van der Waals surface area contributed by atoms with Gasteiger partial charge < -0.3 is 5.73 Å². The summed E-state index contributed by atoms with van der Waals surface area (Å²) in [4.78, 5) is 1.29. The zero-order valence-electron chi connectivity index (χ0n) is 9.27. The Morgan fingerprint density at radius 1 is 1.56 bits per heavy atom. The number of nitrogens with two attached hydrogens (primary N) is 1. The lowest BCUT2D eigenvalue weighted by molar-refractivity contribution is 0.618. The van der Waals surface area contributed by atoms with Crippen LogP contribution in [-0.2, 0) is 13.5 Å². The van der Waals surface area contributed by atoms with E-state index in [0.717, 1.165) is 21.6 Å². The normalized spacial score (nSPS) is 13.0. The topological polar surface area (TPSA) is 43.8 Å². The summed E-state index contributed by atoms with van der Waals surface area (Å²) in [5.41, 5.74) is 8.28. The molecule has 0 aromatic carbocycles. The third kappa shape index (κ3) is 2.53. The molecule has 2 aromatic rings. The molecule has 2 rings (SSSR count). The van der Waals surface area contributed by atoms with E-state index < -0.39 is 0 Å². The van der Waals surface area contributed by atoms with E-state index in [1.54, 1.807) is 11.3 Å². The molecule has 3 nitrogen and oxygen atoms in total. The number of hydrogen-bond donors (Lipinski definition) is 1. The maximum Gasteiger partial charge on any atom is 0.0701 e. The molecule has 16 heavy (non-hydrogen) atoms. The third-order valence-electron chi connectivity index (χ3n) is 2.47. The second-order valence-electron chi connectivity index (χ2n) is 3.85. The van der Waals surface area contributed by atoms with Crippen molar-refractivity contribution in [1.82, 2.24) is 9.78 Å². The molecule has 0 aliphatic rings. The summed E-state index contributed by atoms with van der Waals surface area (Å²) in [5, 5.41) is 4.31. The van der Waals surface area contributed by atoms with Gasteiger partial charge in [0.2, 0.25) is 0 Å². The van der Waals surface area contributed by atoms with Gasteiger partial charge >= 0.3 is 0 Å². The fraction of sp³-hybridized carbons (Fsp3) is 0.364. The predicted octanol–water partition coefficient (Wildman–Crippen LogP) is 2.80. The lowest BCUT2D eigenvalue weighted by Gasteiger charge is -2.10. The zero-order valence-corrected chi connectivity index (χ0v) is 11.7. The highest BCUT2D eigenvalue weighted by molar-refractivity contribution is 9.11. The molecule has 0 saturated carbocycles. The number of aryl methyl sites for hydroxylation is 2. The first-order chi connectivity index (χ1) is 7.56. The summed E-state index contributed by atoms with van der Waals surface area (Å²) in [5.74, 6) is 0. The highest BCUT2D eigenvalue weighted by Crippen LogP contribution is 2.26. The van der Waals surface area contributed by atoms with E-state index in [4.69, 9.17) is 5.73 Å². The summed E-state index contributed by atoms with van der Waals surface area (Å²) in [6.45, 7) is 1.98. The highest BCUT2D eigenvalue weighted by Gasteiger charge is 2.13. The molecule has 5 heteroatoms. The maximum atomic E-state index is 6.18. The van der Waals surface area contributed by atoms with Crippen molar-refractivity contribution in [3.8, 4) is 0 Å². The molecule has 0 spiro atoms. The van der Waals surface area contributed by atoms with Crippen molar-refractivity contribution in [2.24, 2.45) is 12.8 Å². The van der Waals surface area contributed by atoms with Crippen molar-refractivity contribution in [2.75, 3.05) is 0 Å². The second-order valence-corrected chi connectivity index (χ2v) is 6.40. The summed E-state index contributed by atoms with van der Waals surface area (Å²) < 4.78 is 3.01. The monoisotopic (exact) mass is 299 g/mol. The molecule has 86 valence electrons. The van der Waals surface area contributed by atoms with E-state index in [1.165, 1.54) is 4.88 Å². The second kappa shape index (κ2) is 4.69. The average molecular weight is 300 g/mol. The van der Waals surface area contributed by atoms with Gasteiger partial charge in [0.05, 0.1) is 21.2 Å². The molecule has 2 N–H and O–H groups in total. The van der Waals surface area contributed by atoms with Crippen molar-refractivity contribution in [3.05, 3.63) is 38.3 Å². The number of nitrogens with zero attached hydrogens (tertiary/aromatic N) is 2. The van der Waals surface area contributed by atoms with Gasteiger partial charge in [0.25, 0.3) is 0 Å². The molecule has 0 radical (unpaired) electrons. The molecular formula is C11H14BrN3S. The van der Waals surface area contributed by atoms with Crippen molar-refractivity contribution in [3.63, 3.8) is 0 Å². The molecule has 0 amide bonds. The number of hydrogen-bond acceptors (Lipinski definition) is 3. The Bertz CT molecular complexity index is 489. The third-order valence-corrected chi connectivity index (χ3v) is 4.11. The SMILES string of the molecule is Cc1cc(C(N)Cc2ccc(Br)s2)n(C)n1. The van der Waals surface area contributed by atoms with Crippen LogP contribution >= 0.6 is 27.3 Å². The van der Waals surface area contributed by atoms with Crippen LogP contribution in [0.1, 0.15) is 22.3 Å². The minimum atomic E-state index is 0.0109. The van der Waals surface area contributed by atoms with Crippen molar-refractivity contribution < 1.29 is 0 Å². The minimum Gasteiger partial charge on any atom is -0.322 e. The van der Waals surface area contributed by atoms with Gasteiger partial charge in [-0.15, -0.1) is 11.3 Å².